The Labute approximate surface area is 187 Å². The molecule has 2 amide bonds. The maximum Gasteiger partial charge on any atom is 0.271 e. The average Bonchev–Trinajstić information content (AvgIpc) is 2.76. The molecule has 0 aliphatic carbocycles. The molecule has 1 atom stereocenters. The van der Waals surface area contributed by atoms with Crippen LogP contribution in [0.5, 0.6) is 0 Å². The molecule has 0 heterocycles. The fourth-order valence-corrected chi connectivity index (χ4v) is 4.08. The number of benzene rings is 2. The number of carbonyl (C=O) groups excluding carboxylic acids is 2. The number of carbonyl (C=O) groups is 2. The van der Waals surface area contributed by atoms with Crippen LogP contribution in [0.25, 0.3) is 0 Å². The molecule has 2 aromatic rings. The highest BCUT2D eigenvalue weighted by Gasteiger charge is 2.31. The molecular formula is C21H26N4O6S. The SMILES string of the molecule is CC[C@H](C(=O)NC)N(Cc1ccccc1)C(=O)CN(c1cccc([N+](=O)[O-])c1)S(C)(=O)=O. The molecule has 0 aliphatic heterocycles. The zero-order valence-electron chi connectivity index (χ0n) is 18.1. The fourth-order valence-electron chi connectivity index (χ4n) is 3.24. The van der Waals surface area contributed by atoms with Crippen molar-refractivity contribution in [1.29, 1.82) is 0 Å². The van der Waals surface area contributed by atoms with E-state index < -0.39 is 33.4 Å². The summed E-state index contributed by atoms with van der Waals surface area (Å²) in [6.07, 6.45) is 1.23. The van der Waals surface area contributed by atoms with Gasteiger partial charge in [0.05, 0.1) is 16.9 Å². The standard InChI is InChI=1S/C21H26N4O6S/c1-4-19(21(27)22-2)23(14-16-9-6-5-7-10-16)20(26)15-24(32(3,30)31)17-11-8-12-18(13-17)25(28)29/h5-13,19H,4,14-15H2,1-3H3,(H,22,27)/t19-/m1/s1. The quantitative estimate of drug-likeness (QED) is 0.424. The lowest BCUT2D eigenvalue weighted by atomic mass is 10.1. The van der Waals surface area contributed by atoms with Crippen LogP contribution < -0.4 is 9.62 Å². The summed E-state index contributed by atoms with van der Waals surface area (Å²) in [4.78, 5) is 37.6. The Morgan fingerprint density at radius 1 is 1.12 bits per heavy atom. The molecule has 11 heteroatoms. The van der Waals surface area contributed by atoms with Gasteiger partial charge in [-0.25, -0.2) is 8.42 Å². The predicted molar refractivity (Wildman–Crippen MR) is 120 cm³/mol. The summed E-state index contributed by atoms with van der Waals surface area (Å²) in [6.45, 7) is 1.23. The summed E-state index contributed by atoms with van der Waals surface area (Å²) >= 11 is 0. The van der Waals surface area contributed by atoms with Gasteiger partial charge in [-0.2, -0.15) is 0 Å². The monoisotopic (exact) mass is 462 g/mol. The molecule has 1 N–H and O–H groups in total. The van der Waals surface area contributed by atoms with Gasteiger partial charge in [0.2, 0.25) is 21.8 Å². The van der Waals surface area contributed by atoms with Crippen LogP contribution in [0.4, 0.5) is 11.4 Å². The molecule has 0 radical (unpaired) electrons. The minimum atomic E-state index is -3.96. The minimum absolute atomic E-state index is 0.0114. The van der Waals surface area contributed by atoms with Crippen molar-refractivity contribution in [2.24, 2.45) is 0 Å². The highest BCUT2D eigenvalue weighted by molar-refractivity contribution is 7.92. The van der Waals surface area contributed by atoms with E-state index in [4.69, 9.17) is 0 Å². The lowest BCUT2D eigenvalue weighted by Crippen LogP contribution is -2.51. The van der Waals surface area contributed by atoms with E-state index in [0.717, 1.165) is 22.2 Å². The smallest absolute Gasteiger partial charge is 0.271 e. The number of nitrogens with one attached hydrogen (secondary N) is 1. The number of non-ortho nitro benzene ring substituents is 1. The number of hydrogen-bond acceptors (Lipinski definition) is 6. The van der Waals surface area contributed by atoms with Crippen molar-refractivity contribution >= 4 is 33.2 Å². The second-order valence-electron chi connectivity index (χ2n) is 7.09. The van der Waals surface area contributed by atoms with Crippen molar-refractivity contribution in [3.63, 3.8) is 0 Å². The summed E-state index contributed by atoms with van der Waals surface area (Å²) in [7, 11) is -2.50. The number of likely N-dealkylation sites (N-methyl/N-ethyl adjacent to an activating group) is 1. The van der Waals surface area contributed by atoms with Crippen molar-refractivity contribution in [2.75, 3.05) is 24.2 Å². The Bertz CT molecular complexity index is 1070. The molecule has 32 heavy (non-hydrogen) atoms. The molecule has 0 saturated heterocycles. The van der Waals surface area contributed by atoms with Crippen LogP contribution >= 0.6 is 0 Å². The third-order valence-electron chi connectivity index (χ3n) is 4.84. The number of hydrogen-bond donors (Lipinski definition) is 1. The second-order valence-corrected chi connectivity index (χ2v) is 9.00. The number of anilines is 1. The molecule has 2 aromatic carbocycles. The molecule has 10 nitrogen and oxygen atoms in total. The summed E-state index contributed by atoms with van der Waals surface area (Å²) < 4.78 is 25.7. The van der Waals surface area contributed by atoms with Gasteiger partial charge in [-0.1, -0.05) is 43.3 Å². The molecule has 172 valence electrons. The number of nitro groups is 1. The second kappa shape index (κ2) is 10.7. The highest BCUT2D eigenvalue weighted by atomic mass is 32.2. The van der Waals surface area contributed by atoms with Crippen molar-refractivity contribution in [1.82, 2.24) is 10.2 Å². The molecule has 0 saturated carbocycles. The van der Waals surface area contributed by atoms with E-state index in [1.165, 1.54) is 30.1 Å². The molecule has 0 aromatic heterocycles. The van der Waals surface area contributed by atoms with E-state index >= 15 is 0 Å². The third kappa shape index (κ3) is 6.27. The predicted octanol–water partition coefficient (Wildman–Crippen LogP) is 1.91. The van der Waals surface area contributed by atoms with Crippen LogP contribution in [0.15, 0.2) is 54.6 Å². The van der Waals surface area contributed by atoms with E-state index in [9.17, 15) is 28.1 Å². The van der Waals surface area contributed by atoms with Crippen LogP contribution in [0.3, 0.4) is 0 Å². The third-order valence-corrected chi connectivity index (χ3v) is 5.98. The minimum Gasteiger partial charge on any atom is -0.357 e. The van der Waals surface area contributed by atoms with Gasteiger partial charge < -0.3 is 10.2 Å². The molecular weight excluding hydrogens is 436 g/mol. The number of rotatable bonds is 10. The summed E-state index contributed by atoms with van der Waals surface area (Å²) in [5.74, 6) is -0.987. The first kappa shape index (κ1) is 24.8. The molecule has 0 bridgehead atoms. The van der Waals surface area contributed by atoms with Gasteiger partial charge in [-0.05, 0) is 18.1 Å². The Hall–Kier alpha value is -3.47. The van der Waals surface area contributed by atoms with E-state index in [0.29, 0.717) is 6.42 Å². The summed E-state index contributed by atoms with van der Waals surface area (Å²) in [6, 6.07) is 13.2. The largest absolute Gasteiger partial charge is 0.357 e. The van der Waals surface area contributed by atoms with Gasteiger partial charge in [-0.3, -0.25) is 24.0 Å². The van der Waals surface area contributed by atoms with Gasteiger partial charge >= 0.3 is 0 Å². The number of nitrogens with zero attached hydrogens (tertiary/aromatic N) is 3. The number of amides is 2. The van der Waals surface area contributed by atoms with Gasteiger partial charge in [0.1, 0.15) is 12.6 Å². The fraction of sp³-hybridized carbons (Fsp3) is 0.333. The first-order chi connectivity index (χ1) is 15.1. The van der Waals surface area contributed by atoms with E-state index in [1.54, 1.807) is 31.2 Å². The summed E-state index contributed by atoms with van der Waals surface area (Å²) in [5, 5.41) is 13.6. The van der Waals surface area contributed by atoms with Crippen LogP contribution in [0, 0.1) is 10.1 Å². The van der Waals surface area contributed by atoms with E-state index in [-0.39, 0.29) is 23.8 Å². The average molecular weight is 463 g/mol. The first-order valence-electron chi connectivity index (χ1n) is 9.85. The van der Waals surface area contributed by atoms with Crippen molar-refractivity contribution < 1.29 is 22.9 Å². The lowest BCUT2D eigenvalue weighted by Gasteiger charge is -2.32. The Balaban J connectivity index is 2.44. The number of sulfonamides is 1. The van der Waals surface area contributed by atoms with Gasteiger partial charge in [0, 0.05) is 25.7 Å². The van der Waals surface area contributed by atoms with E-state index in [1.807, 2.05) is 6.07 Å². The van der Waals surface area contributed by atoms with Gasteiger partial charge in [0.25, 0.3) is 5.69 Å². The van der Waals surface area contributed by atoms with Crippen molar-refractivity contribution in [2.45, 2.75) is 25.9 Å². The Morgan fingerprint density at radius 2 is 1.78 bits per heavy atom. The van der Waals surface area contributed by atoms with E-state index in [2.05, 4.69) is 5.32 Å². The van der Waals surface area contributed by atoms with Crippen molar-refractivity contribution in [3.8, 4) is 0 Å². The first-order valence-corrected chi connectivity index (χ1v) is 11.7. The zero-order valence-corrected chi connectivity index (χ0v) is 18.9. The maximum atomic E-state index is 13.3. The molecule has 0 fully saturated rings. The lowest BCUT2D eigenvalue weighted by molar-refractivity contribution is -0.384. The van der Waals surface area contributed by atoms with Crippen LogP contribution in [-0.4, -0.2) is 55.9 Å². The summed E-state index contributed by atoms with van der Waals surface area (Å²) in [5.41, 5.74) is 0.452. The topological polar surface area (TPSA) is 130 Å². The highest BCUT2D eigenvalue weighted by Crippen LogP contribution is 2.24. The number of nitro benzene ring substituents is 1. The Morgan fingerprint density at radius 3 is 2.31 bits per heavy atom. The molecule has 2 rings (SSSR count). The maximum absolute atomic E-state index is 13.3. The van der Waals surface area contributed by atoms with Crippen LogP contribution in [-0.2, 0) is 26.2 Å². The molecule has 0 aliphatic rings. The molecule has 0 spiro atoms. The van der Waals surface area contributed by atoms with Gasteiger partial charge in [-0.15, -0.1) is 0 Å². The zero-order chi connectivity index (χ0) is 23.9. The van der Waals surface area contributed by atoms with Crippen molar-refractivity contribution in [3.05, 3.63) is 70.3 Å². The molecule has 0 unspecified atom stereocenters. The van der Waals surface area contributed by atoms with Gasteiger partial charge in [0.15, 0.2) is 0 Å². The van der Waals surface area contributed by atoms with Crippen LogP contribution in [0.1, 0.15) is 18.9 Å². The Kier molecular flexibility index (Phi) is 8.30. The van der Waals surface area contributed by atoms with Crippen LogP contribution in [0.2, 0.25) is 0 Å². The normalized spacial score (nSPS) is 12.0.